The van der Waals surface area contributed by atoms with E-state index >= 15 is 0 Å². The Kier molecular flexibility index (Phi) is 4.96. The SMILES string of the molecule is CC(Cl)c1nc2c(F)cccc2n1C1CCN(Cc2ccccc2)CC1. The number of fused-ring (bicyclic) bond motifs is 1. The van der Waals surface area contributed by atoms with Gasteiger partial charge in [-0.1, -0.05) is 36.4 Å². The van der Waals surface area contributed by atoms with Crippen LogP contribution in [0.5, 0.6) is 0 Å². The van der Waals surface area contributed by atoms with Crippen LogP contribution < -0.4 is 0 Å². The quantitative estimate of drug-likeness (QED) is 0.579. The van der Waals surface area contributed by atoms with Crippen molar-refractivity contribution in [2.45, 2.75) is 37.7 Å². The molecular formula is C21H23ClFN3. The molecule has 1 unspecified atom stereocenters. The van der Waals surface area contributed by atoms with Gasteiger partial charge in [0.25, 0.3) is 0 Å². The van der Waals surface area contributed by atoms with Gasteiger partial charge in [0.05, 0.1) is 10.9 Å². The molecule has 1 aliphatic heterocycles. The highest BCUT2D eigenvalue weighted by Gasteiger charge is 2.26. The molecule has 0 amide bonds. The van der Waals surface area contributed by atoms with Gasteiger partial charge in [-0.3, -0.25) is 4.90 Å². The Balaban J connectivity index is 1.56. The second kappa shape index (κ2) is 7.37. The lowest BCUT2D eigenvalue weighted by atomic mass is 10.0. The van der Waals surface area contributed by atoms with E-state index in [2.05, 4.69) is 38.7 Å². The fourth-order valence-corrected chi connectivity index (χ4v) is 4.10. The van der Waals surface area contributed by atoms with Gasteiger partial charge in [0, 0.05) is 25.7 Å². The highest BCUT2D eigenvalue weighted by atomic mass is 35.5. The number of piperidine rings is 1. The minimum atomic E-state index is -0.277. The molecule has 136 valence electrons. The molecular weight excluding hydrogens is 349 g/mol. The highest BCUT2D eigenvalue weighted by molar-refractivity contribution is 6.20. The third kappa shape index (κ3) is 3.36. The van der Waals surface area contributed by atoms with Crippen molar-refractivity contribution in [3.05, 3.63) is 65.7 Å². The number of likely N-dealkylation sites (tertiary alicyclic amines) is 1. The minimum Gasteiger partial charge on any atom is -0.323 e. The van der Waals surface area contributed by atoms with Crippen LogP contribution in [-0.2, 0) is 6.54 Å². The van der Waals surface area contributed by atoms with Gasteiger partial charge in [-0.2, -0.15) is 0 Å². The number of rotatable bonds is 4. The Morgan fingerprint density at radius 2 is 1.85 bits per heavy atom. The summed E-state index contributed by atoms with van der Waals surface area (Å²) in [5.41, 5.74) is 2.63. The zero-order chi connectivity index (χ0) is 18.1. The highest BCUT2D eigenvalue weighted by Crippen LogP contribution is 2.33. The van der Waals surface area contributed by atoms with Crippen LogP contribution in [0, 0.1) is 5.82 Å². The third-order valence-corrected chi connectivity index (χ3v) is 5.42. The van der Waals surface area contributed by atoms with Crippen molar-refractivity contribution in [3.63, 3.8) is 0 Å². The number of hydrogen-bond acceptors (Lipinski definition) is 2. The van der Waals surface area contributed by atoms with Crippen molar-refractivity contribution in [3.8, 4) is 0 Å². The van der Waals surface area contributed by atoms with Crippen LogP contribution in [0.4, 0.5) is 4.39 Å². The number of alkyl halides is 1. The number of benzene rings is 2. The Labute approximate surface area is 158 Å². The molecule has 2 aromatic carbocycles. The molecule has 5 heteroatoms. The van der Waals surface area contributed by atoms with Crippen LogP contribution in [0.2, 0.25) is 0 Å². The van der Waals surface area contributed by atoms with Crippen LogP contribution in [0.25, 0.3) is 11.0 Å². The van der Waals surface area contributed by atoms with E-state index in [1.807, 2.05) is 19.1 Å². The van der Waals surface area contributed by atoms with E-state index in [0.29, 0.717) is 11.6 Å². The largest absolute Gasteiger partial charge is 0.323 e. The van der Waals surface area contributed by atoms with Gasteiger partial charge in [0.2, 0.25) is 0 Å². The first kappa shape index (κ1) is 17.5. The first-order valence-corrected chi connectivity index (χ1v) is 9.64. The number of para-hydroxylation sites is 1. The van der Waals surface area contributed by atoms with Crippen molar-refractivity contribution in [1.29, 1.82) is 0 Å². The van der Waals surface area contributed by atoms with Crippen LogP contribution in [0.3, 0.4) is 0 Å². The smallest absolute Gasteiger partial charge is 0.151 e. The van der Waals surface area contributed by atoms with E-state index in [0.717, 1.165) is 43.8 Å². The van der Waals surface area contributed by atoms with Crippen molar-refractivity contribution in [1.82, 2.24) is 14.5 Å². The van der Waals surface area contributed by atoms with Gasteiger partial charge in [0.15, 0.2) is 5.82 Å². The predicted molar refractivity (Wildman–Crippen MR) is 104 cm³/mol. The van der Waals surface area contributed by atoms with Crippen LogP contribution in [0.15, 0.2) is 48.5 Å². The number of imidazole rings is 1. The van der Waals surface area contributed by atoms with E-state index in [1.165, 1.54) is 11.6 Å². The summed E-state index contributed by atoms with van der Waals surface area (Å²) in [6, 6.07) is 16.0. The number of hydrogen-bond donors (Lipinski definition) is 0. The Morgan fingerprint density at radius 1 is 1.12 bits per heavy atom. The minimum absolute atomic E-state index is 0.246. The number of nitrogens with zero attached hydrogens (tertiary/aromatic N) is 3. The fraction of sp³-hybridized carbons (Fsp3) is 0.381. The molecule has 1 aliphatic rings. The molecule has 3 nitrogen and oxygen atoms in total. The summed E-state index contributed by atoms with van der Waals surface area (Å²) in [4.78, 5) is 7.00. The summed E-state index contributed by atoms with van der Waals surface area (Å²) in [6.07, 6.45) is 2.04. The molecule has 0 saturated carbocycles. The standard InChI is InChI=1S/C21H23ClFN3/c1-15(22)21-24-20-18(23)8-5-9-19(20)26(21)17-10-12-25(13-11-17)14-16-6-3-2-4-7-16/h2-9,15,17H,10-14H2,1H3. The molecule has 1 atom stereocenters. The first-order valence-electron chi connectivity index (χ1n) is 9.20. The second-order valence-electron chi connectivity index (χ2n) is 7.06. The van der Waals surface area contributed by atoms with Crippen LogP contribution in [-0.4, -0.2) is 27.5 Å². The molecule has 26 heavy (non-hydrogen) atoms. The molecule has 0 N–H and O–H groups in total. The van der Waals surface area contributed by atoms with Crippen molar-refractivity contribution >= 4 is 22.6 Å². The van der Waals surface area contributed by atoms with E-state index in [9.17, 15) is 4.39 Å². The molecule has 0 spiro atoms. The predicted octanol–water partition coefficient (Wildman–Crippen LogP) is 5.31. The zero-order valence-corrected chi connectivity index (χ0v) is 15.7. The molecule has 0 bridgehead atoms. The molecule has 0 radical (unpaired) electrons. The van der Waals surface area contributed by atoms with Crippen molar-refractivity contribution in [2.75, 3.05) is 13.1 Å². The topological polar surface area (TPSA) is 21.1 Å². The summed E-state index contributed by atoms with van der Waals surface area (Å²) in [5.74, 6) is 0.495. The molecule has 2 heterocycles. The summed E-state index contributed by atoms with van der Waals surface area (Å²) >= 11 is 6.37. The third-order valence-electron chi connectivity index (χ3n) is 5.23. The molecule has 0 aliphatic carbocycles. The van der Waals surface area contributed by atoms with Gasteiger partial charge in [-0.05, 0) is 37.5 Å². The molecule has 3 aromatic rings. The average molecular weight is 372 g/mol. The Hall–Kier alpha value is -1.91. The summed E-state index contributed by atoms with van der Waals surface area (Å²) < 4.78 is 16.4. The molecule has 1 aromatic heterocycles. The van der Waals surface area contributed by atoms with Crippen LogP contribution >= 0.6 is 11.6 Å². The lowest BCUT2D eigenvalue weighted by Crippen LogP contribution is -2.34. The normalized spacial score (nSPS) is 17.7. The Morgan fingerprint density at radius 3 is 2.54 bits per heavy atom. The van der Waals surface area contributed by atoms with E-state index in [4.69, 9.17) is 11.6 Å². The summed E-state index contributed by atoms with van der Waals surface area (Å²) in [5, 5.41) is -0.246. The summed E-state index contributed by atoms with van der Waals surface area (Å²) in [6.45, 7) is 4.92. The lowest BCUT2D eigenvalue weighted by Gasteiger charge is -2.34. The van der Waals surface area contributed by atoms with E-state index in [-0.39, 0.29) is 11.2 Å². The summed E-state index contributed by atoms with van der Waals surface area (Å²) in [7, 11) is 0. The molecule has 4 rings (SSSR count). The maximum absolute atomic E-state index is 14.2. The van der Waals surface area contributed by atoms with E-state index in [1.54, 1.807) is 6.07 Å². The van der Waals surface area contributed by atoms with Gasteiger partial charge in [0.1, 0.15) is 11.3 Å². The zero-order valence-electron chi connectivity index (χ0n) is 14.9. The van der Waals surface area contributed by atoms with Crippen molar-refractivity contribution < 1.29 is 4.39 Å². The fourth-order valence-electron chi connectivity index (χ4n) is 3.94. The number of aromatic nitrogens is 2. The Bertz CT molecular complexity index is 883. The average Bonchev–Trinajstić information content (AvgIpc) is 3.05. The second-order valence-corrected chi connectivity index (χ2v) is 7.71. The molecule has 1 saturated heterocycles. The lowest BCUT2D eigenvalue weighted by molar-refractivity contribution is 0.180. The van der Waals surface area contributed by atoms with Gasteiger partial charge in [-0.25, -0.2) is 9.37 Å². The maximum atomic E-state index is 14.2. The monoisotopic (exact) mass is 371 g/mol. The van der Waals surface area contributed by atoms with Crippen LogP contribution in [0.1, 0.15) is 42.6 Å². The van der Waals surface area contributed by atoms with E-state index < -0.39 is 0 Å². The van der Waals surface area contributed by atoms with Gasteiger partial charge >= 0.3 is 0 Å². The maximum Gasteiger partial charge on any atom is 0.151 e. The van der Waals surface area contributed by atoms with Crippen molar-refractivity contribution in [2.24, 2.45) is 0 Å². The number of halogens is 2. The first-order chi connectivity index (χ1) is 12.6. The molecule has 1 fully saturated rings. The van der Waals surface area contributed by atoms with Gasteiger partial charge in [-0.15, -0.1) is 11.6 Å². The van der Waals surface area contributed by atoms with Gasteiger partial charge < -0.3 is 4.57 Å².